The molecule has 0 radical (unpaired) electrons. The number of hydrogen-bond donors (Lipinski definition) is 1. The Balaban J connectivity index is 1.68. The number of pyridine rings is 1. The summed E-state index contributed by atoms with van der Waals surface area (Å²) in [6.07, 6.45) is 9.88. The zero-order valence-electron chi connectivity index (χ0n) is 10.8. The van der Waals surface area contributed by atoms with Gasteiger partial charge in [0.15, 0.2) is 0 Å². The molecule has 4 heteroatoms. The molecule has 0 spiro atoms. The van der Waals surface area contributed by atoms with Crippen LogP contribution < -0.4 is 5.32 Å². The molecule has 0 bridgehead atoms. The molecule has 2 rings (SSSR count). The van der Waals surface area contributed by atoms with Gasteiger partial charge in [0.2, 0.25) is 0 Å². The average Bonchev–Trinajstić information content (AvgIpc) is 2.84. The van der Waals surface area contributed by atoms with E-state index in [1.807, 2.05) is 23.3 Å². The molecule has 0 saturated heterocycles. The molecule has 4 nitrogen and oxygen atoms in total. The summed E-state index contributed by atoms with van der Waals surface area (Å²) in [5, 5.41) is 7.74. The second-order valence-corrected chi connectivity index (χ2v) is 4.39. The smallest absolute Gasteiger partial charge is 0.0534 e. The van der Waals surface area contributed by atoms with Crippen LogP contribution >= 0.6 is 0 Å². The van der Waals surface area contributed by atoms with Crippen LogP contribution in [0.5, 0.6) is 0 Å². The summed E-state index contributed by atoms with van der Waals surface area (Å²) in [5.74, 6) is 0. The zero-order chi connectivity index (χ0) is 12.6. The van der Waals surface area contributed by atoms with Crippen LogP contribution in [0.25, 0.3) is 0 Å². The standard InChI is InChI=1S/C14H20N4/c1-2-9-18-12-14(11-17-18)10-16-8-5-13-3-6-15-7-4-13/h3-4,6-7,11-12,16H,2,5,8-10H2,1H3. The molecule has 0 atom stereocenters. The van der Waals surface area contributed by atoms with Crippen molar-refractivity contribution in [3.8, 4) is 0 Å². The largest absolute Gasteiger partial charge is 0.312 e. The normalized spacial score (nSPS) is 10.7. The van der Waals surface area contributed by atoms with Crippen molar-refractivity contribution in [2.24, 2.45) is 0 Å². The molecular formula is C14H20N4. The Morgan fingerprint density at radius 2 is 2.06 bits per heavy atom. The molecule has 0 aliphatic heterocycles. The van der Waals surface area contributed by atoms with Crippen molar-refractivity contribution in [2.75, 3.05) is 6.54 Å². The van der Waals surface area contributed by atoms with E-state index in [4.69, 9.17) is 0 Å². The van der Waals surface area contributed by atoms with Gasteiger partial charge in [-0.05, 0) is 37.1 Å². The van der Waals surface area contributed by atoms with Gasteiger partial charge in [0.05, 0.1) is 6.20 Å². The molecule has 0 aliphatic carbocycles. The highest BCUT2D eigenvalue weighted by Crippen LogP contribution is 1.99. The monoisotopic (exact) mass is 244 g/mol. The number of rotatable bonds is 7. The van der Waals surface area contributed by atoms with E-state index in [9.17, 15) is 0 Å². The van der Waals surface area contributed by atoms with Crippen molar-refractivity contribution < 1.29 is 0 Å². The van der Waals surface area contributed by atoms with Crippen LogP contribution in [-0.4, -0.2) is 21.3 Å². The molecule has 0 aliphatic rings. The van der Waals surface area contributed by atoms with E-state index in [2.05, 4.69) is 40.7 Å². The topological polar surface area (TPSA) is 42.7 Å². The van der Waals surface area contributed by atoms with Crippen LogP contribution in [0.3, 0.4) is 0 Å². The van der Waals surface area contributed by atoms with E-state index in [1.165, 1.54) is 11.1 Å². The summed E-state index contributed by atoms with van der Waals surface area (Å²) in [7, 11) is 0. The molecule has 1 N–H and O–H groups in total. The summed E-state index contributed by atoms with van der Waals surface area (Å²) < 4.78 is 2.00. The van der Waals surface area contributed by atoms with Gasteiger partial charge in [-0.2, -0.15) is 5.10 Å². The Bertz CT molecular complexity index is 450. The van der Waals surface area contributed by atoms with E-state index in [1.54, 1.807) is 0 Å². The first kappa shape index (κ1) is 12.8. The van der Waals surface area contributed by atoms with Crippen LogP contribution in [-0.2, 0) is 19.5 Å². The molecule has 0 fully saturated rings. The summed E-state index contributed by atoms with van der Waals surface area (Å²) in [6.45, 7) is 5.02. The molecule has 2 heterocycles. The predicted octanol–water partition coefficient (Wildman–Crippen LogP) is 2.02. The van der Waals surface area contributed by atoms with Crippen molar-refractivity contribution >= 4 is 0 Å². The first-order valence-electron chi connectivity index (χ1n) is 6.49. The van der Waals surface area contributed by atoms with Crippen molar-refractivity contribution in [3.05, 3.63) is 48.0 Å². The highest BCUT2D eigenvalue weighted by molar-refractivity contribution is 5.10. The highest BCUT2D eigenvalue weighted by Gasteiger charge is 1.97. The summed E-state index contributed by atoms with van der Waals surface area (Å²) in [6, 6.07) is 4.11. The van der Waals surface area contributed by atoms with Gasteiger partial charge < -0.3 is 5.32 Å². The second kappa shape index (κ2) is 6.91. The molecule has 0 amide bonds. The van der Waals surface area contributed by atoms with Gasteiger partial charge in [-0.25, -0.2) is 0 Å². The third kappa shape index (κ3) is 3.96. The second-order valence-electron chi connectivity index (χ2n) is 4.39. The van der Waals surface area contributed by atoms with Crippen LogP contribution in [0.1, 0.15) is 24.5 Å². The summed E-state index contributed by atoms with van der Waals surface area (Å²) in [5.41, 5.74) is 2.57. The maximum absolute atomic E-state index is 4.31. The number of aromatic nitrogens is 3. The van der Waals surface area contributed by atoms with Crippen LogP contribution in [0, 0.1) is 0 Å². The molecule has 2 aromatic heterocycles. The summed E-state index contributed by atoms with van der Waals surface area (Å²) >= 11 is 0. The zero-order valence-corrected chi connectivity index (χ0v) is 10.8. The van der Waals surface area contributed by atoms with Gasteiger partial charge in [0.25, 0.3) is 0 Å². The maximum atomic E-state index is 4.31. The lowest BCUT2D eigenvalue weighted by molar-refractivity contribution is 0.601. The van der Waals surface area contributed by atoms with Gasteiger partial charge in [0, 0.05) is 37.2 Å². The third-order valence-corrected chi connectivity index (χ3v) is 2.81. The maximum Gasteiger partial charge on any atom is 0.0534 e. The third-order valence-electron chi connectivity index (χ3n) is 2.81. The number of nitrogens with one attached hydrogen (secondary N) is 1. The molecule has 0 unspecified atom stereocenters. The van der Waals surface area contributed by atoms with Crippen molar-refractivity contribution in [1.82, 2.24) is 20.1 Å². The number of nitrogens with zero attached hydrogens (tertiary/aromatic N) is 3. The Hall–Kier alpha value is -1.68. The van der Waals surface area contributed by atoms with E-state index >= 15 is 0 Å². The number of hydrogen-bond acceptors (Lipinski definition) is 3. The predicted molar refractivity (Wildman–Crippen MR) is 72.2 cm³/mol. The lowest BCUT2D eigenvalue weighted by Gasteiger charge is -2.03. The highest BCUT2D eigenvalue weighted by atomic mass is 15.3. The van der Waals surface area contributed by atoms with Gasteiger partial charge in [-0.1, -0.05) is 6.92 Å². The van der Waals surface area contributed by atoms with Crippen LogP contribution in [0.15, 0.2) is 36.9 Å². The number of aryl methyl sites for hydroxylation is 1. The lowest BCUT2D eigenvalue weighted by atomic mass is 10.2. The van der Waals surface area contributed by atoms with Gasteiger partial charge >= 0.3 is 0 Å². The average molecular weight is 244 g/mol. The minimum atomic E-state index is 0.884. The Kier molecular flexibility index (Phi) is 4.90. The molecule has 2 aromatic rings. The summed E-state index contributed by atoms with van der Waals surface area (Å²) in [4.78, 5) is 4.01. The molecule has 18 heavy (non-hydrogen) atoms. The SMILES string of the molecule is CCCn1cc(CNCCc2ccncc2)cn1. The fourth-order valence-corrected chi connectivity index (χ4v) is 1.86. The minimum Gasteiger partial charge on any atom is -0.312 e. The quantitative estimate of drug-likeness (QED) is 0.758. The van der Waals surface area contributed by atoms with Crippen LogP contribution in [0.4, 0.5) is 0 Å². The molecule has 96 valence electrons. The van der Waals surface area contributed by atoms with E-state index < -0.39 is 0 Å². The lowest BCUT2D eigenvalue weighted by Crippen LogP contribution is -2.16. The molecule has 0 saturated carbocycles. The first-order chi connectivity index (χ1) is 8.88. The minimum absolute atomic E-state index is 0.884. The Morgan fingerprint density at radius 1 is 1.22 bits per heavy atom. The molecular weight excluding hydrogens is 224 g/mol. The van der Waals surface area contributed by atoms with Crippen molar-refractivity contribution in [3.63, 3.8) is 0 Å². The van der Waals surface area contributed by atoms with Crippen molar-refractivity contribution in [2.45, 2.75) is 32.9 Å². The Morgan fingerprint density at radius 3 is 2.83 bits per heavy atom. The van der Waals surface area contributed by atoms with Gasteiger partial charge in [-0.15, -0.1) is 0 Å². The molecule has 0 aromatic carbocycles. The van der Waals surface area contributed by atoms with Gasteiger partial charge in [-0.3, -0.25) is 9.67 Å². The fourth-order valence-electron chi connectivity index (χ4n) is 1.86. The first-order valence-corrected chi connectivity index (χ1v) is 6.49. The van der Waals surface area contributed by atoms with Gasteiger partial charge in [0.1, 0.15) is 0 Å². The fraction of sp³-hybridized carbons (Fsp3) is 0.429. The van der Waals surface area contributed by atoms with E-state index in [0.717, 1.165) is 32.5 Å². The van der Waals surface area contributed by atoms with Crippen LogP contribution in [0.2, 0.25) is 0 Å². The van der Waals surface area contributed by atoms with E-state index in [-0.39, 0.29) is 0 Å². The van der Waals surface area contributed by atoms with E-state index in [0.29, 0.717) is 0 Å². The van der Waals surface area contributed by atoms with Crippen molar-refractivity contribution in [1.29, 1.82) is 0 Å². The Labute approximate surface area is 108 Å².